The van der Waals surface area contributed by atoms with Gasteiger partial charge < -0.3 is 0 Å². The molecule has 30 heavy (non-hydrogen) atoms. The Morgan fingerprint density at radius 2 is 1.33 bits per heavy atom. The second kappa shape index (κ2) is 9.01. The molecule has 2 N–H and O–H groups in total. The van der Waals surface area contributed by atoms with Gasteiger partial charge >= 0.3 is 0 Å². The van der Waals surface area contributed by atoms with Crippen LogP contribution in [0.4, 0.5) is 5.82 Å². The lowest BCUT2D eigenvalue weighted by Gasteiger charge is -2.19. The van der Waals surface area contributed by atoms with Crippen molar-refractivity contribution < 1.29 is 16.8 Å². The lowest BCUT2D eigenvalue weighted by atomic mass is 9.95. The van der Waals surface area contributed by atoms with Crippen LogP contribution >= 0.6 is 0 Å². The molecular formula is C20H30N4O4S2. The Labute approximate surface area is 179 Å². The van der Waals surface area contributed by atoms with Crippen LogP contribution in [0.1, 0.15) is 41.7 Å². The Kier molecular flexibility index (Phi) is 7.28. The first-order valence-electron chi connectivity index (χ1n) is 9.69. The highest BCUT2D eigenvalue weighted by Gasteiger charge is 2.24. The van der Waals surface area contributed by atoms with E-state index < -0.39 is 20.0 Å². The average Bonchev–Trinajstić information content (AvgIpc) is 2.70. The largest absolute Gasteiger partial charge is 0.292 e. The van der Waals surface area contributed by atoms with Crippen molar-refractivity contribution in [3.05, 3.63) is 46.1 Å². The quantitative estimate of drug-likeness (QED) is 0.594. The molecule has 0 saturated carbocycles. The number of benzene rings is 1. The smallest absolute Gasteiger partial charge is 0.257 e. The number of hydrazine groups is 1. The fraction of sp³-hybridized carbons (Fsp3) is 0.450. The van der Waals surface area contributed by atoms with Crippen molar-refractivity contribution in [3.8, 4) is 0 Å². The zero-order chi connectivity index (χ0) is 22.9. The van der Waals surface area contributed by atoms with Crippen molar-refractivity contribution >= 4 is 25.9 Å². The highest BCUT2D eigenvalue weighted by molar-refractivity contribution is 7.89. The van der Waals surface area contributed by atoms with Gasteiger partial charge in [0.15, 0.2) is 0 Å². The number of sulfonamides is 2. The number of hydrogen-bond acceptors (Lipinski definition) is 6. The van der Waals surface area contributed by atoms with Gasteiger partial charge in [-0.05, 0) is 74.6 Å². The number of pyridine rings is 1. The molecule has 2 rings (SSSR count). The first-order valence-corrected chi connectivity index (χ1v) is 12.6. The van der Waals surface area contributed by atoms with Gasteiger partial charge in [-0.1, -0.05) is 13.8 Å². The van der Waals surface area contributed by atoms with E-state index in [1.54, 1.807) is 27.7 Å². The molecule has 0 atom stereocenters. The summed E-state index contributed by atoms with van der Waals surface area (Å²) < 4.78 is 52.3. The standard InChI is InChI=1S/C20H30N4O4S2/c1-8-24(9-2)30(27,28)18-10-11-19(21-12-18)22-23-29(25,26)20-16(6)14(4)13(3)15(5)17(20)7/h10-12,23H,8-9H2,1-7H3,(H,21,22). The van der Waals surface area contributed by atoms with Crippen molar-refractivity contribution in [1.29, 1.82) is 0 Å². The second-order valence-corrected chi connectivity index (χ2v) is 10.7. The predicted octanol–water partition coefficient (Wildman–Crippen LogP) is 2.96. The number of anilines is 1. The summed E-state index contributed by atoms with van der Waals surface area (Å²) in [6.07, 6.45) is 1.21. The molecule has 0 aliphatic heterocycles. The molecule has 8 nitrogen and oxygen atoms in total. The van der Waals surface area contributed by atoms with Crippen LogP contribution in [0, 0.1) is 34.6 Å². The molecule has 1 aromatic heterocycles. The van der Waals surface area contributed by atoms with E-state index in [9.17, 15) is 16.8 Å². The van der Waals surface area contributed by atoms with Crippen molar-refractivity contribution in [2.45, 2.75) is 58.3 Å². The summed E-state index contributed by atoms with van der Waals surface area (Å²) in [7, 11) is -7.49. The third-order valence-corrected chi connectivity index (χ3v) is 9.15. The molecule has 10 heteroatoms. The summed E-state index contributed by atoms with van der Waals surface area (Å²) in [6, 6.07) is 2.82. The molecule has 0 fully saturated rings. The van der Waals surface area contributed by atoms with Crippen LogP contribution in [-0.2, 0) is 20.0 Å². The van der Waals surface area contributed by atoms with Crippen molar-refractivity contribution in [1.82, 2.24) is 14.1 Å². The molecule has 1 aromatic carbocycles. The number of aromatic nitrogens is 1. The minimum absolute atomic E-state index is 0.0519. The highest BCUT2D eigenvalue weighted by Crippen LogP contribution is 2.29. The molecule has 166 valence electrons. The number of hydrogen-bond donors (Lipinski definition) is 2. The SMILES string of the molecule is CCN(CC)S(=O)(=O)c1ccc(NNS(=O)(=O)c2c(C)c(C)c(C)c(C)c2C)nc1. The van der Waals surface area contributed by atoms with Gasteiger partial charge in [-0.3, -0.25) is 5.43 Å². The maximum Gasteiger partial charge on any atom is 0.257 e. The highest BCUT2D eigenvalue weighted by atomic mass is 32.2. The summed E-state index contributed by atoms with van der Waals surface area (Å²) >= 11 is 0. The van der Waals surface area contributed by atoms with E-state index in [2.05, 4.69) is 15.2 Å². The van der Waals surface area contributed by atoms with Gasteiger partial charge in [-0.2, -0.15) is 4.31 Å². The van der Waals surface area contributed by atoms with E-state index in [-0.39, 0.29) is 15.6 Å². The first-order chi connectivity index (χ1) is 13.9. The molecule has 0 aliphatic rings. The van der Waals surface area contributed by atoms with Gasteiger partial charge in [-0.25, -0.2) is 21.8 Å². The van der Waals surface area contributed by atoms with Gasteiger partial charge in [0.05, 0.1) is 4.90 Å². The van der Waals surface area contributed by atoms with Crippen molar-refractivity contribution in [2.24, 2.45) is 0 Å². The molecule has 0 unspecified atom stereocenters. The van der Waals surface area contributed by atoms with E-state index in [1.165, 1.54) is 22.6 Å². The molecule has 0 saturated heterocycles. The monoisotopic (exact) mass is 454 g/mol. The minimum atomic E-state index is -3.87. The van der Waals surface area contributed by atoms with Crippen LogP contribution in [0.3, 0.4) is 0 Å². The summed E-state index contributed by atoms with van der Waals surface area (Å²) in [5.41, 5.74) is 6.89. The van der Waals surface area contributed by atoms with Crippen LogP contribution < -0.4 is 10.3 Å². The Bertz CT molecular complexity index is 1110. The Morgan fingerprint density at radius 3 is 1.77 bits per heavy atom. The second-order valence-electron chi connectivity index (χ2n) is 7.15. The minimum Gasteiger partial charge on any atom is -0.292 e. The van der Waals surface area contributed by atoms with Crippen molar-refractivity contribution in [2.75, 3.05) is 18.5 Å². The normalized spacial score (nSPS) is 12.4. The van der Waals surface area contributed by atoms with Gasteiger partial charge in [0.1, 0.15) is 10.7 Å². The maximum atomic E-state index is 13.0. The van der Waals surface area contributed by atoms with Gasteiger partial charge in [0.2, 0.25) is 10.0 Å². The van der Waals surface area contributed by atoms with Crippen molar-refractivity contribution in [3.63, 3.8) is 0 Å². The number of rotatable bonds is 8. The van der Waals surface area contributed by atoms with Gasteiger partial charge in [0, 0.05) is 19.3 Å². The Hall–Kier alpha value is -2.01. The zero-order valence-electron chi connectivity index (χ0n) is 18.5. The summed E-state index contributed by atoms with van der Waals surface area (Å²) in [5, 5.41) is 0. The molecule has 0 amide bonds. The van der Waals surface area contributed by atoms with E-state index in [0.717, 1.165) is 16.7 Å². The lowest BCUT2D eigenvalue weighted by molar-refractivity contribution is 0.445. The number of nitrogens with one attached hydrogen (secondary N) is 2. The predicted molar refractivity (Wildman–Crippen MR) is 118 cm³/mol. The van der Waals surface area contributed by atoms with Crippen LogP contribution in [0.5, 0.6) is 0 Å². The molecule has 1 heterocycles. The summed E-state index contributed by atoms with van der Waals surface area (Å²) in [6.45, 7) is 13.6. The maximum absolute atomic E-state index is 13.0. The molecule has 0 bridgehead atoms. The van der Waals surface area contributed by atoms with Gasteiger partial charge in [0.25, 0.3) is 10.0 Å². The topological polar surface area (TPSA) is 108 Å². The fourth-order valence-electron chi connectivity index (χ4n) is 3.36. The van der Waals surface area contributed by atoms with Crippen LogP contribution in [-0.4, -0.2) is 39.2 Å². The summed E-state index contributed by atoms with van der Waals surface area (Å²) in [4.78, 5) is 6.68. The lowest BCUT2D eigenvalue weighted by Crippen LogP contribution is -2.32. The molecule has 0 spiro atoms. The van der Waals surface area contributed by atoms with E-state index in [1.807, 2.05) is 20.8 Å². The average molecular weight is 455 g/mol. The third kappa shape index (κ3) is 4.51. The fourth-order valence-corrected chi connectivity index (χ4v) is 6.22. The summed E-state index contributed by atoms with van der Waals surface area (Å²) in [5.74, 6) is 0.188. The third-order valence-electron chi connectivity index (χ3n) is 5.59. The Balaban J connectivity index is 2.28. The van der Waals surface area contributed by atoms with Crippen LogP contribution in [0.25, 0.3) is 0 Å². The van der Waals surface area contributed by atoms with E-state index >= 15 is 0 Å². The van der Waals surface area contributed by atoms with E-state index in [4.69, 9.17) is 0 Å². The van der Waals surface area contributed by atoms with Crippen LogP contribution in [0.2, 0.25) is 0 Å². The van der Waals surface area contributed by atoms with E-state index in [0.29, 0.717) is 24.2 Å². The molecule has 0 radical (unpaired) electrons. The van der Waals surface area contributed by atoms with Crippen LogP contribution in [0.15, 0.2) is 28.1 Å². The van der Waals surface area contributed by atoms with Gasteiger partial charge in [-0.15, -0.1) is 4.83 Å². The number of nitrogens with zero attached hydrogens (tertiary/aromatic N) is 2. The molecular weight excluding hydrogens is 424 g/mol. The molecule has 2 aromatic rings. The first kappa shape index (κ1) is 24.3. The zero-order valence-corrected chi connectivity index (χ0v) is 20.1. The Morgan fingerprint density at radius 1 is 0.833 bits per heavy atom. The molecule has 0 aliphatic carbocycles.